The van der Waals surface area contributed by atoms with Crippen LogP contribution in [0.4, 0.5) is 0 Å². The van der Waals surface area contributed by atoms with Gasteiger partial charge in [0.2, 0.25) is 0 Å². The summed E-state index contributed by atoms with van der Waals surface area (Å²) >= 11 is 11.7. The number of fused-ring (bicyclic) bond motifs is 1. The molecular weight excluding hydrogens is 247 g/mol. The number of hydrogen-bond acceptors (Lipinski definition) is 2. The van der Waals surface area contributed by atoms with Crippen molar-refractivity contribution in [2.24, 2.45) is 0 Å². The third kappa shape index (κ3) is 1.51. The van der Waals surface area contributed by atoms with Crippen LogP contribution in [-0.2, 0) is 4.74 Å². The Balaban J connectivity index is 2.04. The number of imidazole rings is 1. The van der Waals surface area contributed by atoms with Gasteiger partial charge in [-0.2, -0.15) is 0 Å². The summed E-state index contributed by atoms with van der Waals surface area (Å²) in [6.07, 6.45) is 1.92. The van der Waals surface area contributed by atoms with Crippen LogP contribution in [0.3, 0.4) is 0 Å². The summed E-state index contributed by atoms with van der Waals surface area (Å²) in [5.41, 5.74) is 1.99. The molecule has 5 heteroatoms. The predicted molar refractivity (Wildman–Crippen MR) is 64.2 cm³/mol. The van der Waals surface area contributed by atoms with Gasteiger partial charge in [0, 0.05) is 5.02 Å². The van der Waals surface area contributed by atoms with Crippen molar-refractivity contribution in [3.63, 3.8) is 0 Å². The largest absolute Gasteiger partial charge is 0.372 e. The van der Waals surface area contributed by atoms with Crippen LogP contribution in [0.2, 0.25) is 5.02 Å². The van der Waals surface area contributed by atoms with Crippen molar-refractivity contribution in [1.29, 1.82) is 0 Å². The molecule has 1 aromatic carbocycles. The van der Waals surface area contributed by atoms with E-state index >= 15 is 0 Å². The summed E-state index contributed by atoms with van der Waals surface area (Å²) in [6.45, 7) is 0.700. The first-order valence-electron chi connectivity index (χ1n) is 5.09. The number of nitrogens with zero attached hydrogens (tertiary/aromatic N) is 2. The van der Waals surface area contributed by atoms with E-state index in [9.17, 15) is 0 Å². The topological polar surface area (TPSA) is 27.1 Å². The van der Waals surface area contributed by atoms with Gasteiger partial charge in [0.15, 0.2) is 0 Å². The summed E-state index contributed by atoms with van der Waals surface area (Å²) in [5, 5.41) is 0.705. The number of ether oxygens (including phenoxy) is 1. The summed E-state index contributed by atoms with van der Waals surface area (Å²) in [7, 11) is 0. The van der Waals surface area contributed by atoms with Crippen molar-refractivity contribution < 1.29 is 4.74 Å². The lowest BCUT2D eigenvalue weighted by molar-refractivity contribution is -0.0894. The van der Waals surface area contributed by atoms with Gasteiger partial charge in [-0.15, -0.1) is 11.6 Å². The highest BCUT2D eigenvalue weighted by Gasteiger charge is 2.33. The second-order valence-electron chi connectivity index (χ2n) is 3.88. The first-order valence-corrected chi connectivity index (χ1v) is 6.00. The fraction of sp³-hybridized carbons (Fsp3) is 0.364. The van der Waals surface area contributed by atoms with Crippen LogP contribution in [0.15, 0.2) is 24.5 Å². The van der Waals surface area contributed by atoms with E-state index in [0.717, 1.165) is 11.0 Å². The van der Waals surface area contributed by atoms with Gasteiger partial charge in [-0.25, -0.2) is 4.98 Å². The van der Waals surface area contributed by atoms with E-state index in [0.29, 0.717) is 23.6 Å². The Kier molecular flexibility index (Phi) is 2.54. The van der Waals surface area contributed by atoms with Crippen LogP contribution in [0.25, 0.3) is 11.0 Å². The van der Waals surface area contributed by atoms with Crippen molar-refractivity contribution in [3.8, 4) is 0 Å². The van der Waals surface area contributed by atoms with Crippen molar-refractivity contribution >= 4 is 34.2 Å². The zero-order chi connectivity index (χ0) is 11.1. The number of rotatable bonds is 2. The molecular formula is C11H10Cl2N2O. The molecule has 0 saturated carbocycles. The minimum atomic E-state index is 0.0924. The van der Waals surface area contributed by atoms with Gasteiger partial charge in [-0.05, 0) is 18.2 Å². The molecule has 3 nitrogen and oxygen atoms in total. The molecule has 1 aromatic heterocycles. The number of aromatic nitrogens is 2. The Morgan fingerprint density at radius 2 is 2.38 bits per heavy atom. The Bertz CT molecular complexity index is 524. The van der Waals surface area contributed by atoms with Gasteiger partial charge >= 0.3 is 0 Å². The van der Waals surface area contributed by atoms with E-state index in [2.05, 4.69) is 9.55 Å². The molecule has 2 heterocycles. The molecule has 2 aromatic rings. The molecule has 0 N–H and O–H groups in total. The van der Waals surface area contributed by atoms with Crippen LogP contribution in [0.1, 0.15) is 6.04 Å². The summed E-state index contributed by atoms with van der Waals surface area (Å²) in [5.74, 6) is 0.512. The van der Waals surface area contributed by atoms with Gasteiger partial charge in [-0.3, -0.25) is 0 Å². The SMILES string of the molecule is ClCC1OCC1n1cnc2cc(Cl)ccc21. The van der Waals surface area contributed by atoms with E-state index in [1.807, 2.05) is 24.5 Å². The quantitative estimate of drug-likeness (QED) is 0.773. The predicted octanol–water partition coefficient (Wildman–Crippen LogP) is 2.87. The summed E-state index contributed by atoms with van der Waals surface area (Å²) in [4.78, 5) is 4.33. The zero-order valence-corrected chi connectivity index (χ0v) is 9.95. The van der Waals surface area contributed by atoms with Gasteiger partial charge in [0.25, 0.3) is 0 Å². The lowest BCUT2D eigenvalue weighted by Crippen LogP contribution is -2.42. The van der Waals surface area contributed by atoms with Crippen molar-refractivity contribution in [3.05, 3.63) is 29.5 Å². The first kappa shape index (κ1) is 10.4. The van der Waals surface area contributed by atoms with Crippen LogP contribution in [0, 0.1) is 0 Å². The average molecular weight is 257 g/mol. The van der Waals surface area contributed by atoms with E-state index in [1.165, 1.54) is 0 Å². The van der Waals surface area contributed by atoms with Crippen molar-refractivity contribution in [2.75, 3.05) is 12.5 Å². The smallest absolute Gasteiger partial charge is 0.0962 e. The molecule has 0 amide bonds. The molecule has 0 aliphatic carbocycles. The molecule has 1 aliphatic rings. The highest BCUT2D eigenvalue weighted by atomic mass is 35.5. The van der Waals surface area contributed by atoms with Crippen LogP contribution < -0.4 is 0 Å². The lowest BCUT2D eigenvalue weighted by atomic mass is 10.1. The Hall–Kier alpha value is -0.770. The molecule has 2 unspecified atom stereocenters. The number of hydrogen-bond donors (Lipinski definition) is 0. The fourth-order valence-corrected chi connectivity index (χ4v) is 2.46. The normalized spacial score (nSPS) is 24.6. The van der Waals surface area contributed by atoms with Gasteiger partial charge < -0.3 is 9.30 Å². The summed E-state index contributed by atoms with van der Waals surface area (Å²) < 4.78 is 7.50. The lowest BCUT2D eigenvalue weighted by Gasteiger charge is -2.36. The van der Waals surface area contributed by atoms with Crippen molar-refractivity contribution in [1.82, 2.24) is 9.55 Å². The van der Waals surface area contributed by atoms with E-state index in [4.69, 9.17) is 27.9 Å². The van der Waals surface area contributed by atoms with Crippen molar-refractivity contribution in [2.45, 2.75) is 12.1 Å². The third-order valence-corrected chi connectivity index (χ3v) is 3.50. The van der Waals surface area contributed by atoms with Crippen LogP contribution >= 0.6 is 23.2 Å². The molecule has 2 atom stereocenters. The fourth-order valence-electron chi connectivity index (χ4n) is 1.99. The van der Waals surface area contributed by atoms with Crippen LogP contribution in [0.5, 0.6) is 0 Å². The van der Waals surface area contributed by atoms with Gasteiger partial charge in [0.1, 0.15) is 0 Å². The average Bonchev–Trinajstić information content (AvgIpc) is 2.60. The highest BCUT2D eigenvalue weighted by Crippen LogP contribution is 2.30. The second kappa shape index (κ2) is 3.91. The van der Waals surface area contributed by atoms with E-state index in [-0.39, 0.29) is 6.10 Å². The number of benzene rings is 1. The van der Waals surface area contributed by atoms with Crippen LogP contribution in [-0.4, -0.2) is 28.1 Å². The molecule has 1 saturated heterocycles. The maximum Gasteiger partial charge on any atom is 0.0962 e. The molecule has 0 radical (unpaired) electrons. The number of alkyl halides is 1. The second-order valence-corrected chi connectivity index (χ2v) is 4.62. The molecule has 0 spiro atoms. The van der Waals surface area contributed by atoms with Gasteiger partial charge in [0.05, 0.1) is 42.0 Å². The summed E-state index contributed by atoms with van der Waals surface area (Å²) in [6, 6.07) is 6.01. The minimum Gasteiger partial charge on any atom is -0.372 e. The van der Waals surface area contributed by atoms with E-state index in [1.54, 1.807) is 0 Å². The maximum absolute atomic E-state index is 5.92. The zero-order valence-electron chi connectivity index (χ0n) is 8.44. The standard InChI is InChI=1S/C11H10Cl2N2O/c12-4-11-10(5-16-11)15-6-14-8-3-7(13)1-2-9(8)15/h1-3,6,10-11H,4-5H2. The Morgan fingerprint density at radius 1 is 1.50 bits per heavy atom. The first-order chi connectivity index (χ1) is 7.79. The molecule has 0 bridgehead atoms. The molecule has 1 aliphatic heterocycles. The van der Waals surface area contributed by atoms with Gasteiger partial charge in [-0.1, -0.05) is 11.6 Å². The Labute approximate surface area is 103 Å². The third-order valence-electron chi connectivity index (χ3n) is 2.96. The monoisotopic (exact) mass is 256 g/mol. The number of halogens is 2. The minimum absolute atomic E-state index is 0.0924. The molecule has 84 valence electrons. The molecule has 3 rings (SSSR count). The maximum atomic E-state index is 5.92. The highest BCUT2D eigenvalue weighted by molar-refractivity contribution is 6.31. The molecule has 16 heavy (non-hydrogen) atoms. The molecule has 1 fully saturated rings. The van der Waals surface area contributed by atoms with E-state index < -0.39 is 0 Å². The Morgan fingerprint density at radius 3 is 3.06 bits per heavy atom.